The Labute approximate surface area is 151 Å². The van der Waals surface area contributed by atoms with Crippen LogP contribution in [0.25, 0.3) is 0 Å². The summed E-state index contributed by atoms with van der Waals surface area (Å²) in [5.41, 5.74) is 2.34. The van der Waals surface area contributed by atoms with Crippen molar-refractivity contribution in [2.24, 2.45) is 0 Å². The zero-order valence-corrected chi connectivity index (χ0v) is 14.5. The van der Waals surface area contributed by atoms with Crippen LogP contribution in [0.2, 0.25) is 5.02 Å². The van der Waals surface area contributed by atoms with Crippen LogP contribution >= 0.6 is 11.6 Å². The topological polar surface area (TPSA) is 70.2 Å². The lowest BCUT2D eigenvalue weighted by Crippen LogP contribution is -2.30. The summed E-state index contributed by atoms with van der Waals surface area (Å²) in [7, 11) is 0. The maximum Gasteiger partial charge on any atom is 0.319 e. The molecule has 3 N–H and O–H groups in total. The summed E-state index contributed by atoms with van der Waals surface area (Å²) >= 11 is 5.85. The molecule has 0 saturated heterocycles. The monoisotopic (exact) mass is 357 g/mol. The molecule has 3 amide bonds. The van der Waals surface area contributed by atoms with Crippen molar-refractivity contribution in [2.45, 2.75) is 25.3 Å². The van der Waals surface area contributed by atoms with E-state index in [9.17, 15) is 9.59 Å². The van der Waals surface area contributed by atoms with E-state index >= 15 is 0 Å². The Morgan fingerprint density at radius 3 is 2.32 bits per heavy atom. The van der Waals surface area contributed by atoms with E-state index in [1.54, 1.807) is 24.3 Å². The van der Waals surface area contributed by atoms with Gasteiger partial charge in [-0.25, -0.2) is 4.79 Å². The SMILES string of the molecule is O=C(Nc1ccc(C(=O)NCCc2ccc(Cl)cc2)cc1)NC1CC1. The molecule has 0 aromatic heterocycles. The largest absolute Gasteiger partial charge is 0.352 e. The van der Waals surface area contributed by atoms with E-state index < -0.39 is 0 Å². The number of hydrogen-bond acceptors (Lipinski definition) is 2. The summed E-state index contributed by atoms with van der Waals surface area (Å²) in [6.45, 7) is 0.546. The maximum atomic E-state index is 12.1. The minimum absolute atomic E-state index is 0.136. The van der Waals surface area contributed by atoms with Crippen molar-refractivity contribution in [3.05, 3.63) is 64.7 Å². The lowest BCUT2D eigenvalue weighted by molar-refractivity contribution is 0.0954. The van der Waals surface area contributed by atoms with Gasteiger partial charge >= 0.3 is 6.03 Å². The second-order valence-electron chi connectivity index (χ2n) is 6.08. The van der Waals surface area contributed by atoms with Crippen LogP contribution in [0.4, 0.5) is 10.5 Å². The lowest BCUT2D eigenvalue weighted by atomic mass is 10.1. The first-order valence-corrected chi connectivity index (χ1v) is 8.68. The lowest BCUT2D eigenvalue weighted by Gasteiger charge is -2.08. The molecule has 1 fully saturated rings. The van der Waals surface area contributed by atoms with Crippen molar-refractivity contribution in [2.75, 3.05) is 11.9 Å². The smallest absolute Gasteiger partial charge is 0.319 e. The molecule has 3 rings (SSSR count). The standard InChI is InChI=1S/C19H20ClN3O2/c20-15-5-1-13(2-6-15)11-12-21-18(24)14-3-7-16(8-4-14)22-19(25)23-17-9-10-17/h1-8,17H,9-12H2,(H,21,24)(H2,22,23,25). The predicted octanol–water partition coefficient (Wildman–Crippen LogP) is 3.60. The summed E-state index contributed by atoms with van der Waals surface area (Å²) in [4.78, 5) is 23.8. The van der Waals surface area contributed by atoms with Gasteiger partial charge in [-0.2, -0.15) is 0 Å². The van der Waals surface area contributed by atoms with Gasteiger partial charge in [0.2, 0.25) is 0 Å². The highest BCUT2D eigenvalue weighted by atomic mass is 35.5. The van der Waals surface area contributed by atoms with Crippen molar-refractivity contribution in [3.63, 3.8) is 0 Å². The molecule has 1 saturated carbocycles. The molecule has 6 heteroatoms. The number of anilines is 1. The molecule has 25 heavy (non-hydrogen) atoms. The zero-order chi connectivity index (χ0) is 17.6. The number of benzene rings is 2. The van der Waals surface area contributed by atoms with E-state index in [0.717, 1.165) is 24.8 Å². The Balaban J connectivity index is 1.45. The number of carbonyl (C=O) groups excluding carboxylic acids is 2. The van der Waals surface area contributed by atoms with Crippen LogP contribution < -0.4 is 16.0 Å². The second kappa shape index (κ2) is 8.03. The van der Waals surface area contributed by atoms with Crippen LogP contribution in [0, 0.1) is 0 Å². The number of carbonyl (C=O) groups is 2. The van der Waals surface area contributed by atoms with Gasteiger partial charge in [0.05, 0.1) is 0 Å². The molecule has 2 aromatic carbocycles. The van der Waals surface area contributed by atoms with E-state index in [-0.39, 0.29) is 11.9 Å². The number of nitrogens with one attached hydrogen (secondary N) is 3. The Kier molecular flexibility index (Phi) is 5.56. The number of rotatable bonds is 6. The van der Waals surface area contributed by atoms with Gasteiger partial charge in [-0.15, -0.1) is 0 Å². The Morgan fingerprint density at radius 1 is 1.00 bits per heavy atom. The number of amides is 3. The van der Waals surface area contributed by atoms with E-state index in [2.05, 4.69) is 16.0 Å². The van der Waals surface area contributed by atoms with Crippen LogP contribution in [0.15, 0.2) is 48.5 Å². The molecule has 0 heterocycles. The quantitative estimate of drug-likeness (QED) is 0.739. The Morgan fingerprint density at radius 2 is 1.68 bits per heavy atom. The third-order valence-electron chi connectivity index (χ3n) is 3.93. The van der Waals surface area contributed by atoms with Gasteiger partial charge in [0.15, 0.2) is 0 Å². The highest BCUT2D eigenvalue weighted by Crippen LogP contribution is 2.19. The molecule has 130 valence electrons. The van der Waals surface area contributed by atoms with Crippen LogP contribution in [0.1, 0.15) is 28.8 Å². The van der Waals surface area contributed by atoms with Gasteiger partial charge in [-0.1, -0.05) is 23.7 Å². The highest BCUT2D eigenvalue weighted by molar-refractivity contribution is 6.30. The fourth-order valence-electron chi connectivity index (χ4n) is 2.36. The fraction of sp³-hybridized carbons (Fsp3) is 0.263. The number of hydrogen-bond donors (Lipinski definition) is 3. The summed E-state index contributed by atoms with van der Waals surface area (Å²) < 4.78 is 0. The molecule has 0 aliphatic heterocycles. The molecule has 0 spiro atoms. The summed E-state index contributed by atoms with van der Waals surface area (Å²) in [5.74, 6) is -0.136. The highest BCUT2D eigenvalue weighted by Gasteiger charge is 2.23. The molecule has 5 nitrogen and oxygen atoms in total. The fourth-order valence-corrected chi connectivity index (χ4v) is 2.48. The van der Waals surface area contributed by atoms with Gasteiger partial charge in [0.25, 0.3) is 5.91 Å². The number of urea groups is 1. The maximum absolute atomic E-state index is 12.1. The van der Waals surface area contributed by atoms with Crippen molar-refractivity contribution in [1.82, 2.24) is 10.6 Å². The first-order valence-electron chi connectivity index (χ1n) is 8.30. The normalized spacial score (nSPS) is 13.2. The van der Waals surface area contributed by atoms with Gasteiger partial charge in [-0.05, 0) is 61.2 Å². The van der Waals surface area contributed by atoms with E-state index in [1.807, 2.05) is 24.3 Å². The van der Waals surface area contributed by atoms with Crippen molar-refractivity contribution in [3.8, 4) is 0 Å². The van der Waals surface area contributed by atoms with E-state index in [1.165, 1.54) is 0 Å². The van der Waals surface area contributed by atoms with Crippen LogP contribution in [-0.4, -0.2) is 24.5 Å². The van der Waals surface area contributed by atoms with E-state index in [0.29, 0.717) is 28.9 Å². The van der Waals surface area contributed by atoms with Gasteiger partial charge in [0, 0.05) is 28.9 Å². The predicted molar refractivity (Wildman–Crippen MR) is 99.1 cm³/mol. The molecular weight excluding hydrogens is 338 g/mol. The van der Waals surface area contributed by atoms with Gasteiger partial charge in [0.1, 0.15) is 0 Å². The average Bonchev–Trinajstić information content (AvgIpc) is 3.41. The third-order valence-corrected chi connectivity index (χ3v) is 4.18. The first-order chi connectivity index (χ1) is 12.1. The van der Waals surface area contributed by atoms with Gasteiger partial charge < -0.3 is 16.0 Å². The summed E-state index contributed by atoms with van der Waals surface area (Å²) in [6, 6.07) is 14.5. The van der Waals surface area contributed by atoms with Crippen LogP contribution in [0.3, 0.4) is 0 Å². The molecular formula is C19H20ClN3O2. The summed E-state index contributed by atoms with van der Waals surface area (Å²) in [6.07, 6.45) is 2.83. The summed E-state index contributed by atoms with van der Waals surface area (Å²) in [5, 5.41) is 9.19. The molecule has 2 aromatic rings. The first kappa shape index (κ1) is 17.3. The minimum Gasteiger partial charge on any atom is -0.352 e. The van der Waals surface area contributed by atoms with Crippen molar-refractivity contribution < 1.29 is 9.59 Å². The second-order valence-corrected chi connectivity index (χ2v) is 6.52. The van der Waals surface area contributed by atoms with Crippen molar-refractivity contribution >= 4 is 29.2 Å². The minimum atomic E-state index is -0.206. The van der Waals surface area contributed by atoms with E-state index in [4.69, 9.17) is 11.6 Å². The molecule has 0 radical (unpaired) electrons. The Bertz CT molecular complexity index is 740. The van der Waals surface area contributed by atoms with Crippen molar-refractivity contribution in [1.29, 1.82) is 0 Å². The van der Waals surface area contributed by atoms with Crippen LogP contribution in [-0.2, 0) is 6.42 Å². The average molecular weight is 358 g/mol. The molecule has 0 atom stereocenters. The Hall–Kier alpha value is -2.53. The zero-order valence-electron chi connectivity index (χ0n) is 13.7. The third kappa shape index (κ3) is 5.50. The molecule has 0 unspecified atom stereocenters. The number of halogens is 1. The van der Waals surface area contributed by atoms with Crippen LogP contribution in [0.5, 0.6) is 0 Å². The van der Waals surface area contributed by atoms with Gasteiger partial charge in [-0.3, -0.25) is 4.79 Å². The molecule has 1 aliphatic rings. The molecule has 0 bridgehead atoms. The molecule has 1 aliphatic carbocycles.